The summed E-state index contributed by atoms with van der Waals surface area (Å²) in [4.78, 5) is 15.8. The molecule has 0 aliphatic rings. The van der Waals surface area contributed by atoms with Crippen LogP contribution in [0.3, 0.4) is 0 Å². The van der Waals surface area contributed by atoms with E-state index in [0.717, 1.165) is 0 Å². The minimum atomic E-state index is -0.626. The van der Waals surface area contributed by atoms with E-state index in [2.05, 4.69) is 11.4 Å². The Labute approximate surface area is 90.0 Å². The lowest BCUT2D eigenvalue weighted by molar-refractivity contribution is -0.0232. The van der Waals surface area contributed by atoms with Gasteiger partial charge in [-0.3, -0.25) is 4.84 Å². The summed E-state index contributed by atoms with van der Waals surface area (Å²) < 4.78 is 9.83. The fourth-order valence-corrected chi connectivity index (χ4v) is 0.641. The van der Waals surface area contributed by atoms with Crippen molar-refractivity contribution in [1.82, 2.24) is 5.48 Å². The average Bonchev–Trinajstić information content (AvgIpc) is 2.08. The second-order valence-electron chi connectivity index (χ2n) is 3.71. The number of hydrogen-bond donors (Lipinski definition) is 1. The van der Waals surface area contributed by atoms with Gasteiger partial charge in [0.25, 0.3) is 0 Å². The van der Waals surface area contributed by atoms with E-state index in [1.807, 2.05) is 0 Å². The lowest BCUT2D eigenvalue weighted by Gasteiger charge is -2.19. The molecule has 15 heavy (non-hydrogen) atoms. The smallest absolute Gasteiger partial charge is 0.431 e. The van der Waals surface area contributed by atoms with Crippen LogP contribution in [-0.2, 0) is 14.3 Å². The largest absolute Gasteiger partial charge is 0.442 e. The van der Waals surface area contributed by atoms with Crippen LogP contribution in [0.5, 0.6) is 0 Å². The van der Waals surface area contributed by atoms with Crippen LogP contribution in [0.4, 0.5) is 4.79 Å². The van der Waals surface area contributed by atoms with Gasteiger partial charge in [-0.25, -0.2) is 4.79 Å². The number of carbonyl (C=O) groups excluding carboxylic acids is 1. The second kappa shape index (κ2) is 7.10. The molecule has 0 heterocycles. The number of nitrogens with one attached hydrogen (secondary N) is 1. The highest BCUT2D eigenvalue weighted by Gasteiger charge is 2.15. The molecule has 5 nitrogen and oxygen atoms in total. The number of hydrogen-bond acceptors (Lipinski definition) is 4. The molecule has 0 aromatic carbocycles. The molecule has 0 rings (SSSR count). The van der Waals surface area contributed by atoms with Gasteiger partial charge in [-0.1, -0.05) is 5.92 Å². The molecule has 0 aromatic rings. The van der Waals surface area contributed by atoms with E-state index in [9.17, 15) is 4.79 Å². The van der Waals surface area contributed by atoms with Crippen molar-refractivity contribution in [2.24, 2.45) is 0 Å². The maximum Gasteiger partial charge on any atom is 0.431 e. The zero-order valence-electron chi connectivity index (χ0n) is 9.33. The van der Waals surface area contributed by atoms with Crippen molar-refractivity contribution >= 4 is 6.09 Å². The molecule has 0 aliphatic heterocycles. The van der Waals surface area contributed by atoms with Gasteiger partial charge in [0.05, 0.1) is 13.2 Å². The first kappa shape index (κ1) is 13.8. The summed E-state index contributed by atoms with van der Waals surface area (Å²) in [7, 11) is 0. The fraction of sp³-hybridized carbons (Fsp3) is 0.700. The number of terminal acetylenes is 1. The van der Waals surface area contributed by atoms with Crippen molar-refractivity contribution in [2.45, 2.75) is 26.4 Å². The third-order valence-corrected chi connectivity index (χ3v) is 1.07. The van der Waals surface area contributed by atoms with Gasteiger partial charge in [0.2, 0.25) is 0 Å². The average molecular weight is 215 g/mol. The standard InChI is InChI=1S/C10H17NO4/c1-5-6-13-7-8-14-11-9(12)15-10(2,3)4/h1H,6-8H2,2-4H3,(H,11,12). The van der Waals surface area contributed by atoms with E-state index in [0.29, 0.717) is 6.61 Å². The monoisotopic (exact) mass is 215 g/mol. The molecule has 0 radical (unpaired) electrons. The highest BCUT2D eigenvalue weighted by atomic mass is 16.7. The number of hydroxylamine groups is 1. The second-order valence-corrected chi connectivity index (χ2v) is 3.71. The molecule has 0 aliphatic carbocycles. The molecule has 1 amide bonds. The molecule has 86 valence electrons. The van der Waals surface area contributed by atoms with Crippen molar-refractivity contribution in [3.8, 4) is 12.3 Å². The van der Waals surface area contributed by atoms with Crippen LogP contribution in [0.25, 0.3) is 0 Å². The Morgan fingerprint density at radius 3 is 2.60 bits per heavy atom. The molecule has 1 N–H and O–H groups in total. The van der Waals surface area contributed by atoms with E-state index in [-0.39, 0.29) is 13.2 Å². The zero-order valence-corrected chi connectivity index (χ0v) is 9.33. The van der Waals surface area contributed by atoms with Gasteiger partial charge in [0, 0.05) is 0 Å². The summed E-state index contributed by atoms with van der Waals surface area (Å²) in [6.07, 6.45) is 4.33. The van der Waals surface area contributed by atoms with Crippen LogP contribution >= 0.6 is 0 Å². The first-order chi connectivity index (χ1) is 6.95. The lowest BCUT2D eigenvalue weighted by atomic mass is 10.2. The van der Waals surface area contributed by atoms with Gasteiger partial charge >= 0.3 is 6.09 Å². The molecule has 0 unspecified atom stereocenters. The van der Waals surface area contributed by atoms with Crippen molar-refractivity contribution in [3.63, 3.8) is 0 Å². The summed E-state index contributed by atoms with van der Waals surface area (Å²) in [5.41, 5.74) is 1.59. The summed E-state index contributed by atoms with van der Waals surface area (Å²) in [6.45, 7) is 6.07. The normalized spacial score (nSPS) is 10.5. The Morgan fingerprint density at radius 2 is 2.07 bits per heavy atom. The Kier molecular flexibility index (Phi) is 6.50. The molecule has 0 fully saturated rings. The molecule has 5 heteroatoms. The van der Waals surface area contributed by atoms with E-state index in [1.54, 1.807) is 20.8 Å². The number of ether oxygens (including phenoxy) is 2. The van der Waals surface area contributed by atoms with E-state index >= 15 is 0 Å². The third-order valence-electron chi connectivity index (χ3n) is 1.07. The van der Waals surface area contributed by atoms with E-state index in [4.69, 9.17) is 20.7 Å². The number of amides is 1. The predicted molar refractivity (Wildman–Crippen MR) is 55.0 cm³/mol. The Morgan fingerprint density at radius 1 is 1.40 bits per heavy atom. The molecule has 0 bridgehead atoms. The van der Waals surface area contributed by atoms with Gasteiger partial charge in [-0.15, -0.1) is 6.42 Å². The molecule has 0 atom stereocenters. The minimum absolute atomic E-state index is 0.223. The van der Waals surface area contributed by atoms with Gasteiger partial charge in [0.15, 0.2) is 0 Å². The third kappa shape index (κ3) is 10.7. The van der Waals surface area contributed by atoms with E-state index < -0.39 is 11.7 Å². The van der Waals surface area contributed by atoms with Crippen LogP contribution in [-0.4, -0.2) is 31.5 Å². The minimum Gasteiger partial charge on any atom is -0.442 e. The summed E-state index contributed by atoms with van der Waals surface area (Å²) in [5, 5.41) is 0. The van der Waals surface area contributed by atoms with Crippen LogP contribution in [0, 0.1) is 12.3 Å². The number of rotatable bonds is 5. The van der Waals surface area contributed by atoms with Crippen molar-refractivity contribution in [2.75, 3.05) is 19.8 Å². The van der Waals surface area contributed by atoms with Gasteiger partial charge in [-0.05, 0) is 20.8 Å². The number of carbonyl (C=O) groups is 1. The topological polar surface area (TPSA) is 56.8 Å². The first-order valence-corrected chi connectivity index (χ1v) is 4.57. The highest BCUT2D eigenvalue weighted by molar-refractivity contribution is 5.66. The van der Waals surface area contributed by atoms with E-state index in [1.165, 1.54) is 0 Å². The van der Waals surface area contributed by atoms with Crippen LogP contribution in [0.2, 0.25) is 0 Å². The van der Waals surface area contributed by atoms with Crippen LogP contribution < -0.4 is 5.48 Å². The van der Waals surface area contributed by atoms with Crippen LogP contribution in [0.15, 0.2) is 0 Å². The van der Waals surface area contributed by atoms with Crippen molar-refractivity contribution in [1.29, 1.82) is 0 Å². The Balaban J connectivity index is 3.37. The lowest BCUT2D eigenvalue weighted by Crippen LogP contribution is -2.33. The Bertz CT molecular complexity index is 227. The molecule has 0 saturated carbocycles. The SMILES string of the molecule is C#CCOCCONC(=O)OC(C)(C)C. The molecule has 0 saturated heterocycles. The molecule has 0 spiro atoms. The van der Waals surface area contributed by atoms with Gasteiger partial charge in [-0.2, -0.15) is 5.48 Å². The van der Waals surface area contributed by atoms with Crippen molar-refractivity contribution < 1.29 is 19.1 Å². The maximum absolute atomic E-state index is 11.0. The van der Waals surface area contributed by atoms with Crippen LogP contribution in [0.1, 0.15) is 20.8 Å². The zero-order chi connectivity index (χ0) is 11.7. The maximum atomic E-state index is 11.0. The van der Waals surface area contributed by atoms with Gasteiger partial charge in [0.1, 0.15) is 12.2 Å². The Hall–Kier alpha value is -1.25. The summed E-state index contributed by atoms with van der Waals surface area (Å²) >= 11 is 0. The molecular weight excluding hydrogens is 198 g/mol. The quantitative estimate of drug-likeness (QED) is 0.424. The first-order valence-electron chi connectivity index (χ1n) is 4.57. The fourth-order valence-electron chi connectivity index (χ4n) is 0.641. The highest BCUT2D eigenvalue weighted by Crippen LogP contribution is 2.06. The van der Waals surface area contributed by atoms with Gasteiger partial charge < -0.3 is 9.47 Å². The summed E-state index contributed by atoms with van der Waals surface area (Å²) in [6, 6.07) is 0. The summed E-state index contributed by atoms with van der Waals surface area (Å²) in [5.74, 6) is 2.31. The molecule has 0 aromatic heterocycles. The van der Waals surface area contributed by atoms with Crippen molar-refractivity contribution in [3.05, 3.63) is 0 Å². The predicted octanol–water partition coefficient (Wildman–Crippen LogP) is 1.09. The molecular formula is C10H17NO4.